The predicted molar refractivity (Wildman–Crippen MR) is 166 cm³/mol. The van der Waals surface area contributed by atoms with Crippen LogP contribution in [0.15, 0.2) is 36.7 Å². The highest BCUT2D eigenvalue weighted by Gasteiger charge is 2.42. The van der Waals surface area contributed by atoms with Gasteiger partial charge in [0.1, 0.15) is 23.9 Å². The number of amides is 2. The van der Waals surface area contributed by atoms with Crippen molar-refractivity contribution in [3.05, 3.63) is 53.9 Å². The Balaban J connectivity index is 0.00000529. The molecule has 1 fully saturated rings. The average Bonchev–Trinajstić information content (AvgIpc) is 3.47. The number of methoxy groups -OCH3 is 1. The third-order valence-electron chi connectivity index (χ3n) is 7.74. The van der Waals surface area contributed by atoms with Gasteiger partial charge in [-0.3, -0.25) is 14.4 Å². The fraction of sp³-hybridized carbons (Fsp3) is 0.452. The summed E-state index contributed by atoms with van der Waals surface area (Å²) in [6, 6.07) is 5.12. The number of ketones is 1. The summed E-state index contributed by atoms with van der Waals surface area (Å²) >= 11 is 0. The fourth-order valence-electron chi connectivity index (χ4n) is 5.17. The van der Waals surface area contributed by atoms with Gasteiger partial charge in [-0.25, -0.2) is 18.7 Å². The smallest absolute Gasteiger partial charge is 0.246 e. The van der Waals surface area contributed by atoms with Gasteiger partial charge in [0.2, 0.25) is 11.8 Å². The van der Waals surface area contributed by atoms with Crippen LogP contribution in [0.5, 0.6) is 5.75 Å². The van der Waals surface area contributed by atoms with E-state index < -0.39 is 35.2 Å². The number of rotatable bonds is 10. The average molecular weight is 633 g/mol. The third-order valence-corrected chi connectivity index (χ3v) is 7.74. The van der Waals surface area contributed by atoms with E-state index in [1.807, 2.05) is 20.8 Å². The molecule has 2 heterocycles. The van der Waals surface area contributed by atoms with E-state index in [-0.39, 0.29) is 47.9 Å². The van der Waals surface area contributed by atoms with E-state index in [0.717, 1.165) is 6.07 Å². The van der Waals surface area contributed by atoms with Crippen LogP contribution in [0.2, 0.25) is 0 Å². The van der Waals surface area contributed by atoms with Crippen LogP contribution in [0.25, 0.3) is 10.9 Å². The largest absolute Gasteiger partial charge is 0.496 e. The summed E-state index contributed by atoms with van der Waals surface area (Å²) in [4.78, 5) is 50.3. The van der Waals surface area contributed by atoms with E-state index in [9.17, 15) is 23.2 Å². The van der Waals surface area contributed by atoms with E-state index in [1.165, 1.54) is 25.6 Å². The summed E-state index contributed by atoms with van der Waals surface area (Å²) in [5, 5.41) is 9.05. The summed E-state index contributed by atoms with van der Waals surface area (Å²) in [6.07, 6.45) is 2.37. The summed E-state index contributed by atoms with van der Waals surface area (Å²) in [5.74, 6) is -2.20. The molecule has 4 rings (SSSR count). The second-order valence-electron chi connectivity index (χ2n) is 11.8. The quantitative estimate of drug-likeness (QED) is 0.302. The first-order valence-corrected chi connectivity index (χ1v) is 14.2. The number of hydrogen-bond acceptors (Lipinski definition) is 8. The van der Waals surface area contributed by atoms with Crippen LogP contribution < -0.4 is 20.7 Å². The number of fused-ring (bicyclic) bond motifs is 1. The molecule has 13 heteroatoms. The minimum atomic E-state index is -1.05. The maximum absolute atomic E-state index is 14.4. The zero-order valence-corrected chi connectivity index (χ0v) is 26.5. The van der Waals surface area contributed by atoms with Crippen LogP contribution >= 0.6 is 12.4 Å². The van der Waals surface area contributed by atoms with Crippen molar-refractivity contribution in [1.82, 2.24) is 25.5 Å². The molecule has 1 aliphatic heterocycles. The van der Waals surface area contributed by atoms with E-state index in [4.69, 9.17) is 4.74 Å². The molecule has 238 valence electrons. The van der Waals surface area contributed by atoms with Gasteiger partial charge in [-0.15, -0.1) is 12.4 Å². The highest BCUT2D eigenvalue weighted by atomic mass is 35.5. The monoisotopic (exact) mass is 632 g/mol. The van der Waals surface area contributed by atoms with Crippen LogP contribution in [-0.4, -0.2) is 71.3 Å². The number of halogens is 3. The van der Waals surface area contributed by atoms with Crippen molar-refractivity contribution < 1.29 is 27.9 Å². The Kier molecular flexibility index (Phi) is 11.2. The zero-order valence-electron chi connectivity index (χ0n) is 25.7. The van der Waals surface area contributed by atoms with Crippen molar-refractivity contribution in [2.75, 3.05) is 26.0 Å². The number of carbonyl (C=O) groups excluding carboxylic acids is 3. The van der Waals surface area contributed by atoms with E-state index in [0.29, 0.717) is 41.6 Å². The molecule has 0 bridgehead atoms. The van der Waals surface area contributed by atoms with Crippen LogP contribution in [0.4, 0.5) is 20.3 Å². The second kappa shape index (κ2) is 14.3. The third kappa shape index (κ3) is 7.41. The lowest BCUT2D eigenvalue weighted by molar-refractivity contribution is -0.143. The number of hydrogen-bond donors (Lipinski definition) is 3. The molecular formula is C31H39ClF2N6O4. The minimum Gasteiger partial charge on any atom is -0.496 e. The molecule has 1 aromatic heterocycles. The van der Waals surface area contributed by atoms with Crippen molar-refractivity contribution in [2.24, 2.45) is 5.41 Å². The first-order valence-electron chi connectivity index (χ1n) is 14.2. The number of likely N-dealkylation sites (tertiary alicyclic amines) is 1. The maximum atomic E-state index is 14.4. The number of anilines is 2. The molecule has 10 nitrogen and oxygen atoms in total. The molecule has 0 saturated carbocycles. The molecule has 2 aromatic carbocycles. The lowest BCUT2D eigenvalue weighted by Crippen LogP contribution is -2.58. The molecule has 44 heavy (non-hydrogen) atoms. The van der Waals surface area contributed by atoms with Crippen molar-refractivity contribution in [1.29, 1.82) is 0 Å². The second-order valence-corrected chi connectivity index (χ2v) is 11.8. The number of likely N-dealkylation sites (N-methyl/N-ethyl adjacent to an activating group) is 1. The number of benzene rings is 2. The topological polar surface area (TPSA) is 126 Å². The Morgan fingerprint density at radius 3 is 2.55 bits per heavy atom. The summed E-state index contributed by atoms with van der Waals surface area (Å²) < 4.78 is 33.8. The molecular weight excluding hydrogens is 594 g/mol. The molecule has 1 saturated heterocycles. The zero-order chi connectivity index (χ0) is 31.5. The van der Waals surface area contributed by atoms with E-state index in [2.05, 4.69) is 25.9 Å². The molecule has 3 N–H and O–H groups in total. The number of Topliss-reactive ketones (excluding diaryl/α,β-unsaturated/α-hetero) is 1. The SMILES string of the molecule is CN[C@@H](C)C(=O)N[C@H](C(=O)N1CCC[C@H]1C(=O)Cc1cc2c(Nc3cccc(F)c3F)ncnc2cc1OC)C(C)(C)C.Cl. The van der Waals surface area contributed by atoms with Gasteiger partial charge in [-0.2, -0.15) is 0 Å². The molecule has 3 aromatic rings. The number of aromatic nitrogens is 2. The molecule has 0 unspecified atom stereocenters. The van der Waals surface area contributed by atoms with E-state index in [1.54, 1.807) is 31.0 Å². The van der Waals surface area contributed by atoms with Crippen molar-refractivity contribution in [2.45, 2.75) is 65.1 Å². The molecule has 0 spiro atoms. The van der Waals surface area contributed by atoms with E-state index >= 15 is 0 Å². The van der Waals surface area contributed by atoms with Crippen molar-refractivity contribution in [3.63, 3.8) is 0 Å². The highest BCUT2D eigenvalue weighted by molar-refractivity contribution is 5.97. The number of carbonyl (C=O) groups is 3. The van der Waals surface area contributed by atoms with Gasteiger partial charge in [0.05, 0.1) is 30.4 Å². The number of nitrogens with one attached hydrogen (secondary N) is 3. The van der Waals surface area contributed by atoms with Gasteiger partial charge in [0.25, 0.3) is 0 Å². The number of ether oxygens (including phenoxy) is 1. The molecule has 3 atom stereocenters. The first kappa shape index (κ1) is 34.6. The summed E-state index contributed by atoms with van der Waals surface area (Å²) in [5.41, 5.74) is 0.306. The maximum Gasteiger partial charge on any atom is 0.246 e. The molecule has 1 aliphatic rings. The minimum absolute atomic E-state index is 0. The van der Waals surface area contributed by atoms with Gasteiger partial charge in [-0.1, -0.05) is 26.8 Å². The lowest BCUT2D eigenvalue weighted by atomic mass is 9.85. The van der Waals surface area contributed by atoms with Crippen molar-refractivity contribution in [3.8, 4) is 5.75 Å². The Morgan fingerprint density at radius 2 is 1.89 bits per heavy atom. The van der Waals surface area contributed by atoms with Crippen LogP contribution in [0.1, 0.15) is 46.1 Å². The first-order chi connectivity index (χ1) is 20.3. The summed E-state index contributed by atoms with van der Waals surface area (Å²) in [6.45, 7) is 7.72. The van der Waals surface area contributed by atoms with Crippen LogP contribution in [-0.2, 0) is 20.8 Å². The summed E-state index contributed by atoms with van der Waals surface area (Å²) in [7, 11) is 3.14. The fourth-order valence-corrected chi connectivity index (χ4v) is 5.17. The highest BCUT2D eigenvalue weighted by Crippen LogP contribution is 2.33. The standard InChI is InChI=1S/C31H38F2N6O4.ClH/c1-17(34-5)29(41)38-27(31(2,3)4)30(42)39-12-8-11-23(39)24(40)14-18-13-19-22(15-25(18)43-6)35-16-36-28(19)37-21-10-7-9-20(32)26(21)33;/h7,9-10,13,15-17,23,27,34H,8,11-12,14H2,1-6H3,(H,38,41)(H,35,36,37);1H/t17-,23-,27+;/m0./s1. The van der Waals surface area contributed by atoms with Gasteiger partial charge >= 0.3 is 0 Å². The Labute approximate surface area is 261 Å². The Hall–Kier alpha value is -3.90. The normalized spacial score (nSPS) is 16.2. The van der Waals surface area contributed by atoms with Gasteiger partial charge in [0, 0.05) is 30.0 Å². The molecule has 0 radical (unpaired) electrons. The van der Waals surface area contributed by atoms with Crippen LogP contribution in [0, 0.1) is 17.0 Å². The van der Waals surface area contributed by atoms with Gasteiger partial charge in [-0.05, 0) is 50.4 Å². The molecule has 0 aliphatic carbocycles. The van der Waals surface area contributed by atoms with Crippen molar-refractivity contribution >= 4 is 52.4 Å². The number of nitrogens with zero attached hydrogens (tertiary/aromatic N) is 3. The lowest BCUT2D eigenvalue weighted by Gasteiger charge is -2.36. The Bertz CT molecular complexity index is 1530. The predicted octanol–water partition coefficient (Wildman–Crippen LogP) is 4.32. The molecule has 2 amide bonds. The van der Waals surface area contributed by atoms with Gasteiger partial charge in [0.15, 0.2) is 17.4 Å². The Morgan fingerprint density at radius 1 is 1.16 bits per heavy atom. The van der Waals surface area contributed by atoms with Gasteiger partial charge < -0.3 is 25.6 Å². The van der Waals surface area contributed by atoms with Crippen LogP contribution in [0.3, 0.4) is 0 Å².